The summed E-state index contributed by atoms with van der Waals surface area (Å²) in [4.78, 5) is 4.15. The molecule has 4 rings (SSSR count). The van der Waals surface area contributed by atoms with Crippen LogP contribution in [0.1, 0.15) is 11.1 Å². The van der Waals surface area contributed by atoms with Crippen molar-refractivity contribution in [2.75, 3.05) is 0 Å². The number of hydrogen-bond acceptors (Lipinski definition) is 5. The molecule has 0 saturated carbocycles. The van der Waals surface area contributed by atoms with Gasteiger partial charge in [-0.25, -0.2) is 9.38 Å². The van der Waals surface area contributed by atoms with Crippen LogP contribution in [-0.2, 0) is 0 Å². The molecule has 0 radical (unpaired) electrons. The Bertz CT molecular complexity index is 1130. The van der Waals surface area contributed by atoms with Crippen molar-refractivity contribution in [2.45, 2.75) is 0 Å². The average molecular weight is 381 g/mol. The number of nitrogens with zero attached hydrogens (tertiary/aromatic N) is 2. The molecule has 0 unspecified atom stereocenters. The Labute approximate surface area is 157 Å². The molecule has 0 amide bonds. The van der Waals surface area contributed by atoms with Crippen molar-refractivity contribution in [2.24, 2.45) is 4.99 Å². The number of furan rings is 3. The van der Waals surface area contributed by atoms with Crippen LogP contribution < -0.4 is 0 Å². The quantitative estimate of drug-likeness (QED) is 0.394. The van der Waals surface area contributed by atoms with Gasteiger partial charge >= 0.3 is 0 Å². The summed E-state index contributed by atoms with van der Waals surface area (Å²) in [6.45, 7) is 0. The molecule has 4 aromatic rings. The summed E-state index contributed by atoms with van der Waals surface area (Å²) in [5.41, 5.74) is 0.642. The molecule has 0 aliphatic rings. The van der Waals surface area contributed by atoms with Gasteiger partial charge < -0.3 is 13.3 Å². The van der Waals surface area contributed by atoms with E-state index in [1.165, 1.54) is 30.9 Å². The summed E-state index contributed by atoms with van der Waals surface area (Å²) >= 11 is 6.01. The van der Waals surface area contributed by atoms with Crippen molar-refractivity contribution >= 4 is 23.7 Å². The highest BCUT2D eigenvalue weighted by Gasteiger charge is 2.26. The molecule has 5 nitrogen and oxygen atoms in total. The minimum Gasteiger partial charge on any atom is -0.464 e. The average Bonchev–Trinajstić information content (AvgIpc) is 3.40. The number of nitriles is 1. The van der Waals surface area contributed by atoms with Crippen LogP contribution in [0.15, 0.2) is 73.2 Å². The van der Waals surface area contributed by atoms with Gasteiger partial charge in [0.1, 0.15) is 23.2 Å². The molecule has 0 saturated heterocycles. The van der Waals surface area contributed by atoms with E-state index in [4.69, 9.17) is 24.9 Å². The van der Waals surface area contributed by atoms with E-state index in [0.717, 1.165) is 0 Å². The molecule has 3 heterocycles. The van der Waals surface area contributed by atoms with Crippen molar-refractivity contribution in [1.82, 2.24) is 0 Å². The van der Waals surface area contributed by atoms with E-state index >= 15 is 0 Å². The van der Waals surface area contributed by atoms with Crippen LogP contribution in [-0.4, -0.2) is 6.21 Å². The Morgan fingerprint density at radius 1 is 1.04 bits per heavy atom. The zero-order valence-corrected chi connectivity index (χ0v) is 14.4. The second kappa shape index (κ2) is 6.98. The van der Waals surface area contributed by atoms with E-state index < -0.39 is 5.82 Å². The molecule has 3 aromatic heterocycles. The van der Waals surface area contributed by atoms with Crippen molar-refractivity contribution in [3.63, 3.8) is 0 Å². The number of halogens is 2. The lowest BCUT2D eigenvalue weighted by Crippen LogP contribution is -1.89. The fraction of sp³-hybridized carbons (Fsp3) is 0. The van der Waals surface area contributed by atoms with Crippen molar-refractivity contribution < 1.29 is 17.6 Å². The lowest BCUT2D eigenvalue weighted by atomic mass is 10.1. The van der Waals surface area contributed by atoms with Crippen molar-refractivity contribution in [3.8, 4) is 28.9 Å². The van der Waals surface area contributed by atoms with Crippen LogP contribution in [0.3, 0.4) is 0 Å². The van der Waals surface area contributed by atoms with Gasteiger partial charge in [0.2, 0.25) is 5.88 Å². The van der Waals surface area contributed by atoms with Crippen LogP contribution in [0.2, 0.25) is 5.02 Å². The lowest BCUT2D eigenvalue weighted by Gasteiger charge is -1.98. The molecule has 7 heteroatoms. The molecular weight excluding hydrogens is 371 g/mol. The fourth-order valence-corrected chi connectivity index (χ4v) is 2.82. The Kier molecular flexibility index (Phi) is 4.37. The number of rotatable bonds is 4. The normalized spacial score (nSPS) is 11.1. The Morgan fingerprint density at radius 2 is 1.78 bits per heavy atom. The third kappa shape index (κ3) is 3.05. The maximum atomic E-state index is 14.0. The van der Waals surface area contributed by atoms with Crippen molar-refractivity contribution in [1.29, 1.82) is 5.26 Å². The third-order valence-electron chi connectivity index (χ3n) is 3.82. The highest BCUT2D eigenvalue weighted by molar-refractivity contribution is 6.33. The minimum atomic E-state index is -0.533. The molecular formula is C20H10ClFN2O3. The largest absolute Gasteiger partial charge is 0.464 e. The van der Waals surface area contributed by atoms with E-state index in [9.17, 15) is 9.65 Å². The lowest BCUT2D eigenvalue weighted by molar-refractivity contribution is 0.527. The SMILES string of the molecule is N#Cc1c(N=Cc2c(F)cccc2Cl)oc(-c2ccco2)c1-c1ccco1. The van der Waals surface area contributed by atoms with Crippen LogP contribution in [0.25, 0.3) is 22.8 Å². The first kappa shape index (κ1) is 16.9. The predicted molar refractivity (Wildman–Crippen MR) is 97.5 cm³/mol. The minimum absolute atomic E-state index is 0.00498. The van der Waals surface area contributed by atoms with Crippen LogP contribution >= 0.6 is 11.6 Å². The van der Waals surface area contributed by atoms with Gasteiger partial charge in [0.05, 0.1) is 23.1 Å². The van der Waals surface area contributed by atoms with Gasteiger partial charge in [-0.1, -0.05) is 17.7 Å². The maximum absolute atomic E-state index is 14.0. The first-order valence-corrected chi connectivity index (χ1v) is 8.19. The van der Waals surface area contributed by atoms with Gasteiger partial charge in [-0.15, -0.1) is 0 Å². The third-order valence-corrected chi connectivity index (χ3v) is 4.15. The van der Waals surface area contributed by atoms with Gasteiger partial charge in [0.25, 0.3) is 0 Å². The summed E-state index contributed by atoms with van der Waals surface area (Å²) in [6.07, 6.45) is 4.19. The molecule has 0 bridgehead atoms. The monoisotopic (exact) mass is 380 g/mol. The highest BCUT2D eigenvalue weighted by atomic mass is 35.5. The molecule has 0 N–H and O–H groups in total. The molecule has 27 heavy (non-hydrogen) atoms. The summed E-state index contributed by atoms with van der Waals surface area (Å²) in [5, 5.41) is 9.85. The maximum Gasteiger partial charge on any atom is 0.238 e. The summed E-state index contributed by atoms with van der Waals surface area (Å²) in [6, 6.07) is 13.1. The summed E-state index contributed by atoms with van der Waals surface area (Å²) in [7, 11) is 0. The van der Waals surface area contributed by atoms with Crippen LogP contribution in [0.5, 0.6) is 0 Å². The van der Waals surface area contributed by atoms with E-state index in [1.807, 2.05) is 0 Å². The van der Waals surface area contributed by atoms with Gasteiger partial charge in [-0.3, -0.25) is 0 Å². The zero-order valence-electron chi connectivity index (χ0n) is 13.6. The van der Waals surface area contributed by atoms with E-state index in [-0.39, 0.29) is 22.0 Å². The molecule has 0 aliphatic carbocycles. The van der Waals surface area contributed by atoms with Crippen LogP contribution in [0.4, 0.5) is 10.3 Å². The first-order valence-electron chi connectivity index (χ1n) is 7.81. The van der Waals surface area contributed by atoms with E-state index in [1.54, 1.807) is 30.3 Å². The second-order valence-corrected chi connectivity index (χ2v) is 5.85. The van der Waals surface area contributed by atoms with Gasteiger partial charge in [0, 0.05) is 11.8 Å². The number of hydrogen-bond donors (Lipinski definition) is 0. The van der Waals surface area contributed by atoms with E-state index in [2.05, 4.69) is 11.1 Å². The number of benzene rings is 1. The molecule has 0 spiro atoms. The molecule has 132 valence electrons. The molecule has 0 atom stereocenters. The molecule has 0 fully saturated rings. The zero-order chi connectivity index (χ0) is 18.8. The molecule has 0 aliphatic heterocycles. The topological polar surface area (TPSA) is 75.6 Å². The predicted octanol–water partition coefficient (Wildman–Crippen LogP) is 6.21. The Hall–Kier alpha value is -3.56. The Morgan fingerprint density at radius 3 is 2.41 bits per heavy atom. The standard InChI is InChI=1S/C20H10ClFN2O3/c21-14-4-1-5-15(22)13(14)11-24-20-12(10-23)18(16-6-2-8-25-16)19(27-20)17-7-3-9-26-17/h1-9,11H. The van der Waals surface area contributed by atoms with Crippen LogP contribution in [0, 0.1) is 17.1 Å². The summed E-state index contributed by atoms with van der Waals surface area (Å²) < 4.78 is 30.6. The first-order chi connectivity index (χ1) is 13.2. The number of aliphatic imine (C=N–C) groups is 1. The van der Waals surface area contributed by atoms with E-state index in [0.29, 0.717) is 22.8 Å². The van der Waals surface area contributed by atoms with Gasteiger partial charge in [-0.2, -0.15) is 5.26 Å². The van der Waals surface area contributed by atoms with Gasteiger partial charge in [0.15, 0.2) is 11.5 Å². The second-order valence-electron chi connectivity index (χ2n) is 5.45. The van der Waals surface area contributed by atoms with Gasteiger partial charge in [-0.05, 0) is 36.4 Å². The molecule has 1 aromatic carbocycles. The highest BCUT2D eigenvalue weighted by Crippen LogP contribution is 2.42. The van der Waals surface area contributed by atoms with Crippen molar-refractivity contribution in [3.05, 3.63) is 77.0 Å². The Balaban J connectivity index is 1.88. The smallest absolute Gasteiger partial charge is 0.238 e. The summed E-state index contributed by atoms with van der Waals surface area (Å²) in [5.74, 6) is 0.581. The fourth-order valence-electron chi connectivity index (χ4n) is 2.61.